The Morgan fingerprint density at radius 1 is 0.619 bits per heavy atom. The Kier molecular flexibility index (Phi) is 3.52. The minimum absolute atomic E-state index is 0.305. The van der Waals surface area contributed by atoms with Gasteiger partial charge in [-0.25, -0.2) is 4.79 Å². The molecule has 0 aliphatic rings. The Morgan fingerprint density at radius 2 is 1.14 bits per heavy atom. The summed E-state index contributed by atoms with van der Waals surface area (Å²) in [5.74, 6) is -0.905. The summed E-state index contributed by atoms with van der Waals surface area (Å²) in [4.78, 5) is 11.0. The Hall–Kier alpha value is -2.87. The van der Waals surface area contributed by atoms with Crippen LogP contribution in [0.4, 0.5) is 0 Å². The molecule has 3 aromatic rings. The van der Waals surface area contributed by atoms with Gasteiger partial charge in [0.25, 0.3) is 0 Å². The van der Waals surface area contributed by atoms with Gasteiger partial charge in [0.15, 0.2) is 0 Å². The van der Waals surface area contributed by atoms with Gasteiger partial charge in [-0.3, -0.25) is 0 Å². The van der Waals surface area contributed by atoms with E-state index in [1.165, 1.54) is 5.56 Å². The molecule has 0 saturated carbocycles. The molecule has 0 spiro atoms. The van der Waals surface area contributed by atoms with Crippen LogP contribution < -0.4 is 0 Å². The van der Waals surface area contributed by atoms with Gasteiger partial charge in [0, 0.05) is 0 Å². The highest BCUT2D eigenvalue weighted by Crippen LogP contribution is 2.25. The molecule has 0 fully saturated rings. The van der Waals surface area contributed by atoms with E-state index in [1.54, 1.807) is 18.2 Å². The fourth-order valence-corrected chi connectivity index (χ4v) is 2.32. The van der Waals surface area contributed by atoms with Crippen molar-refractivity contribution in [3.8, 4) is 22.3 Å². The molecule has 0 radical (unpaired) electrons. The van der Waals surface area contributed by atoms with Crippen molar-refractivity contribution in [2.45, 2.75) is 0 Å². The maximum atomic E-state index is 11.0. The molecule has 0 aliphatic heterocycles. The monoisotopic (exact) mass is 274 g/mol. The number of carboxylic acid groups (broad SMARTS) is 1. The Morgan fingerprint density at radius 3 is 1.76 bits per heavy atom. The number of carbonyl (C=O) groups is 1. The van der Waals surface area contributed by atoms with Crippen molar-refractivity contribution in [2.75, 3.05) is 0 Å². The van der Waals surface area contributed by atoms with Gasteiger partial charge in [0.1, 0.15) is 0 Å². The molecule has 0 saturated heterocycles. The maximum absolute atomic E-state index is 11.0. The van der Waals surface area contributed by atoms with E-state index in [0.29, 0.717) is 5.56 Å². The summed E-state index contributed by atoms with van der Waals surface area (Å²) < 4.78 is 0. The van der Waals surface area contributed by atoms with Crippen LogP contribution >= 0.6 is 0 Å². The zero-order valence-corrected chi connectivity index (χ0v) is 11.4. The van der Waals surface area contributed by atoms with Crippen LogP contribution in [0.25, 0.3) is 22.3 Å². The number of carboxylic acids is 1. The van der Waals surface area contributed by atoms with E-state index in [-0.39, 0.29) is 0 Å². The van der Waals surface area contributed by atoms with Gasteiger partial charge in [-0.05, 0) is 34.4 Å². The molecule has 0 unspecified atom stereocenters. The molecule has 102 valence electrons. The van der Waals surface area contributed by atoms with Crippen molar-refractivity contribution in [1.82, 2.24) is 0 Å². The molecule has 2 nitrogen and oxygen atoms in total. The van der Waals surface area contributed by atoms with Crippen LogP contribution in [-0.4, -0.2) is 11.1 Å². The smallest absolute Gasteiger partial charge is 0.335 e. The summed E-state index contributed by atoms with van der Waals surface area (Å²) in [6.07, 6.45) is 0. The van der Waals surface area contributed by atoms with Crippen LogP contribution in [0.1, 0.15) is 10.4 Å². The number of benzene rings is 3. The lowest BCUT2D eigenvalue weighted by atomic mass is 9.99. The first-order valence-electron chi connectivity index (χ1n) is 6.73. The van der Waals surface area contributed by atoms with Crippen LogP contribution in [0, 0.1) is 0 Å². The largest absolute Gasteiger partial charge is 0.478 e. The summed E-state index contributed by atoms with van der Waals surface area (Å²) in [5, 5.41) is 9.05. The van der Waals surface area contributed by atoms with Gasteiger partial charge in [-0.15, -0.1) is 0 Å². The third kappa shape index (κ3) is 2.84. The normalized spacial score (nSPS) is 10.3. The SMILES string of the molecule is O=C(O)c1cccc(-c2ccc(-c3ccccc3)cc2)c1. The first-order chi connectivity index (χ1) is 10.2. The van der Waals surface area contributed by atoms with E-state index in [2.05, 4.69) is 24.3 Å². The van der Waals surface area contributed by atoms with Crippen LogP contribution in [-0.2, 0) is 0 Å². The standard InChI is InChI=1S/C19H14O2/c20-19(21)18-8-4-7-17(13-18)16-11-9-15(10-12-16)14-5-2-1-3-6-14/h1-13H,(H,20,21). The second-order valence-electron chi connectivity index (χ2n) is 4.83. The highest BCUT2D eigenvalue weighted by Gasteiger charge is 2.05. The minimum atomic E-state index is -0.905. The van der Waals surface area contributed by atoms with Crippen molar-refractivity contribution in [3.05, 3.63) is 84.4 Å². The maximum Gasteiger partial charge on any atom is 0.335 e. The summed E-state index contributed by atoms with van der Waals surface area (Å²) in [6.45, 7) is 0. The topological polar surface area (TPSA) is 37.3 Å². The molecule has 1 N–H and O–H groups in total. The average molecular weight is 274 g/mol. The first kappa shape index (κ1) is 13.1. The molecular formula is C19H14O2. The molecule has 0 amide bonds. The van der Waals surface area contributed by atoms with Gasteiger partial charge < -0.3 is 5.11 Å². The molecule has 0 heterocycles. The molecule has 2 heteroatoms. The first-order valence-corrected chi connectivity index (χ1v) is 6.73. The predicted molar refractivity (Wildman–Crippen MR) is 84.3 cm³/mol. The van der Waals surface area contributed by atoms with Gasteiger partial charge in [-0.2, -0.15) is 0 Å². The van der Waals surface area contributed by atoms with Gasteiger partial charge in [0.05, 0.1) is 5.56 Å². The molecule has 3 aromatic carbocycles. The summed E-state index contributed by atoms with van der Waals surface area (Å²) in [5.41, 5.74) is 4.55. The van der Waals surface area contributed by atoms with Crippen molar-refractivity contribution in [2.24, 2.45) is 0 Å². The van der Waals surface area contributed by atoms with Crippen molar-refractivity contribution >= 4 is 5.97 Å². The van der Waals surface area contributed by atoms with Crippen LogP contribution in [0.2, 0.25) is 0 Å². The summed E-state index contributed by atoms with van der Waals surface area (Å²) in [7, 11) is 0. The molecule has 21 heavy (non-hydrogen) atoms. The van der Waals surface area contributed by atoms with Crippen molar-refractivity contribution < 1.29 is 9.90 Å². The van der Waals surface area contributed by atoms with Crippen molar-refractivity contribution in [3.63, 3.8) is 0 Å². The lowest BCUT2D eigenvalue weighted by Crippen LogP contribution is -1.95. The van der Waals surface area contributed by atoms with Gasteiger partial charge in [-0.1, -0.05) is 66.7 Å². The van der Waals surface area contributed by atoms with Gasteiger partial charge >= 0.3 is 5.97 Å². The molecule has 0 aromatic heterocycles. The van der Waals surface area contributed by atoms with E-state index in [0.717, 1.165) is 16.7 Å². The van der Waals surface area contributed by atoms with E-state index >= 15 is 0 Å². The average Bonchev–Trinajstić information content (AvgIpc) is 2.56. The number of hydrogen-bond acceptors (Lipinski definition) is 1. The predicted octanol–water partition coefficient (Wildman–Crippen LogP) is 4.72. The summed E-state index contributed by atoms with van der Waals surface area (Å²) in [6, 6.07) is 25.3. The second-order valence-corrected chi connectivity index (χ2v) is 4.83. The third-order valence-electron chi connectivity index (χ3n) is 3.43. The molecule has 3 rings (SSSR count). The minimum Gasteiger partial charge on any atom is -0.478 e. The zero-order valence-electron chi connectivity index (χ0n) is 11.4. The fraction of sp³-hybridized carbons (Fsp3) is 0. The summed E-state index contributed by atoms with van der Waals surface area (Å²) >= 11 is 0. The van der Waals surface area contributed by atoms with E-state index in [4.69, 9.17) is 5.11 Å². The molecular weight excluding hydrogens is 260 g/mol. The molecule has 0 bridgehead atoms. The van der Waals surface area contributed by atoms with E-state index < -0.39 is 5.97 Å². The Bertz CT molecular complexity index is 759. The van der Waals surface area contributed by atoms with Gasteiger partial charge in [0.2, 0.25) is 0 Å². The van der Waals surface area contributed by atoms with Crippen molar-refractivity contribution in [1.29, 1.82) is 0 Å². The van der Waals surface area contributed by atoms with Crippen LogP contribution in [0.15, 0.2) is 78.9 Å². The number of hydrogen-bond donors (Lipinski definition) is 1. The van der Waals surface area contributed by atoms with Crippen LogP contribution in [0.3, 0.4) is 0 Å². The number of aromatic carboxylic acids is 1. The molecule has 0 atom stereocenters. The lowest BCUT2D eigenvalue weighted by Gasteiger charge is -2.06. The quantitative estimate of drug-likeness (QED) is 0.750. The second kappa shape index (κ2) is 5.63. The Balaban J connectivity index is 1.94. The highest BCUT2D eigenvalue weighted by atomic mass is 16.4. The Labute approximate surface area is 123 Å². The van der Waals surface area contributed by atoms with E-state index in [1.807, 2.05) is 36.4 Å². The highest BCUT2D eigenvalue weighted by molar-refractivity contribution is 5.89. The third-order valence-corrected chi connectivity index (χ3v) is 3.43. The van der Waals surface area contributed by atoms with E-state index in [9.17, 15) is 4.79 Å². The van der Waals surface area contributed by atoms with Crippen LogP contribution in [0.5, 0.6) is 0 Å². The fourth-order valence-electron chi connectivity index (χ4n) is 2.32. The molecule has 0 aliphatic carbocycles. The number of rotatable bonds is 3. The lowest BCUT2D eigenvalue weighted by molar-refractivity contribution is 0.0697. The zero-order chi connectivity index (χ0) is 14.7.